The first-order chi connectivity index (χ1) is 14.1. The minimum absolute atomic E-state index is 0.294. The molecule has 0 saturated heterocycles. The number of esters is 1. The van der Waals surface area contributed by atoms with Crippen molar-refractivity contribution in [1.29, 1.82) is 0 Å². The summed E-state index contributed by atoms with van der Waals surface area (Å²) in [6, 6.07) is 12.2. The predicted octanol–water partition coefficient (Wildman–Crippen LogP) is 4.70. The maximum Gasteiger partial charge on any atom is 0.339 e. The fraction of sp³-hybridized carbons (Fsp3) is 0.304. The number of carbonyl (C=O) groups excluding carboxylic acids is 2. The number of unbranched alkanes of at least 4 members (excludes halogenated alkanes) is 2. The van der Waals surface area contributed by atoms with Gasteiger partial charge in [0.2, 0.25) is 5.91 Å². The fourth-order valence-electron chi connectivity index (χ4n) is 2.67. The second-order valence-electron chi connectivity index (χ2n) is 6.33. The van der Waals surface area contributed by atoms with Gasteiger partial charge < -0.3 is 19.5 Å². The van der Waals surface area contributed by atoms with Crippen molar-refractivity contribution in [2.75, 3.05) is 26.1 Å². The van der Waals surface area contributed by atoms with Crippen LogP contribution in [0.4, 0.5) is 5.69 Å². The first-order valence-electron chi connectivity index (χ1n) is 9.56. The van der Waals surface area contributed by atoms with E-state index in [4.69, 9.17) is 14.2 Å². The molecule has 1 amide bonds. The van der Waals surface area contributed by atoms with Gasteiger partial charge in [-0.25, -0.2) is 4.79 Å². The third-order valence-electron chi connectivity index (χ3n) is 4.21. The second-order valence-corrected chi connectivity index (χ2v) is 6.33. The Morgan fingerprint density at radius 1 is 1.03 bits per heavy atom. The molecular formula is C23H27NO5. The zero-order valence-corrected chi connectivity index (χ0v) is 17.1. The molecule has 2 aromatic carbocycles. The lowest BCUT2D eigenvalue weighted by Gasteiger charge is -2.11. The molecule has 0 bridgehead atoms. The molecule has 0 aliphatic heterocycles. The molecule has 0 aliphatic rings. The van der Waals surface area contributed by atoms with Crippen LogP contribution in [0.15, 0.2) is 48.5 Å². The van der Waals surface area contributed by atoms with E-state index in [9.17, 15) is 9.59 Å². The second kappa shape index (κ2) is 11.5. The Balaban J connectivity index is 2.04. The number of amides is 1. The van der Waals surface area contributed by atoms with Gasteiger partial charge in [0.05, 0.1) is 32.1 Å². The van der Waals surface area contributed by atoms with Crippen LogP contribution in [0, 0.1) is 0 Å². The Bertz CT molecular complexity index is 860. The van der Waals surface area contributed by atoms with Gasteiger partial charge in [0.25, 0.3) is 0 Å². The van der Waals surface area contributed by atoms with Gasteiger partial charge in [-0.3, -0.25) is 4.79 Å². The highest BCUT2D eigenvalue weighted by molar-refractivity contribution is 6.06. The summed E-state index contributed by atoms with van der Waals surface area (Å²) in [5.74, 6) is 0.418. The number of anilines is 1. The minimum atomic E-state index is -0.510. The van der Waals surface area contributed by atoms with Gasteiger partial charge in [0.15, 0.2) is 11.5 Å². The molecule has 0 atom stereocenters. The predicted molar refractivity (Wildman–Crippen MR) is 113 cm³/mol. The maximum absolute atomic E-state index is 12.3. The van der Waals surface area contributed by atoms with Crippen LogP contribution in [0.1, 0.15) is 42.1 Å². The number of benzene rings is 2. The zero-order valence-electron chi connectivity index (χ0n) is 17.1. The van der Waals surface area contributed by atoms with Crippen molar-refractivity contribution in [2.45, 2.75) is 26.2 Å². The molecule has 0 radical (unpaired) electrons. The summed E-state index contributed by atoms with van der Waals surface area (Å²) in [7, 11) is 2.88. The van der Waals surface area contributed by atoms with E-state index < -0.39 is 5.97 Å². The van der Waals surface area contributed by atoms with E-state index in [1.807, 2.05) is 12.1 Å². The first kappa shape index (κ1) is 22.0. The van der Waals surface area contributed by atoms with Crippen molar-refractivity contribution in [3.63, 3.8) is 0 Å². The van der Waals surface area contributed by atoms with E-state index in [2.05, 4.69) is 12.2 Å². The Morgan fingerprint density at radius 3 is 2.55 bits per heavy atom. The number of carbonyl (C=O) groups is 2. The molecule has 29 heavy (non-hydrogen) atoms. The third-order valence-corrected chi connectivity index (χ3v) is 4.21. The van der Waals surface area contributed by atoms with Crippen LogP contribution in [0.5, 0.6) is 11.5 Å². The van der Waals surface area contributed by atoms with Crippen molar-refractivity contribution >= 4 is 23.6 Å². The fourth-order valence-corrected chi connectivity index (χ4v) is 2.67. The van der Waals surface area contributed by atoms with Crippen molar-refractivity contribution in [2.24, 2.45) is 0 Å². The number of rotatable bonds is 10. The topological polar surface area (TPSA) is 73.9 Å². The summed E-state index contributed by atoms with van der Waals surface area (Å²) in [6.45, 7) is 2.79. The van der Waals surface area contributed by atoms with Gasteiger partial charge in [-0.1, -0.05) is 38.0 Å². The maximum atomic E-state index is 12.3. The lowest BCUT2D eigenvalue weighted by atomic mass is 10.1. The van der Waals surface area contributed by atoms with Gasteiger partial charge in [-0.05, 0) is 42.3 Å². The molecule has 6 heteroatoms. The van der Waals surface area contributed by atoms with E-state index in [1.165, 1.54) is 13.2 Å². The first-order valence-corrected chi connectivity index (χ1v) is 9.56. The van der Waals surface area contributed by atoms with Crippen molar-refractivity contribution < 1.29 is 23.8 Å². The van der Waals surface area contributed by atoms with E-state index in [0.717, 1.165) is 24.8 Å². The zero-order chi connectivity index (χ0) is 21.1. The average Bonchev–Trinajstić information content (AvgIpc) is 2.75. The number of hydrogen-bond donors (Lipinski definition) is 1. The summed E-state index contributed by atoms with van der Waals surface area (Å²) in [5.41, 5.74) is 1.48. The molecule has 6 nitrogen and oxygen atoms in total. The Morgan fingerprint density at radius 2 is 1.83 bits per heavy atom. The van der Waals surface area contributed by atoms with Crippen LogP contribution >= 0.6 is 0 Å². The van der Waals surface area contributed by atoms with E-state index in [0.29, 0.717) is 29.4 Å². The van der Waals surface area contributed by atoms with E-state index in [-0.39, 0.29) is 5.91 Å². The van der Waals surface area contributed by atoms with Crippen LogP contribution in [0.25, 0.3) is 6.08 Å². The standard InChI is InChI=1S/C23H27NO5/c1-4-5-8-15-29-20-13-11-17(16-21(20)27-2)12-14-22(25)24-19-10-7-6-9-18(19)23(26)28-3/h6-7,9-14,16H,4-5,8,15H2,1-3H3,(H,24,25). The van der Waals surface area contributed by atoms with Crippen molar-refractivity contribution in [3.8, 4) is 11.5 Å². The molecule has 2 rings (SSSR count). The molecule has 1 N–H and O–H groups in total. The molecule has 0 fully saturated rings. The van der Waals surface area contributed by atoms with Gasteiger partial charge in [-0.2, -0.15) is 0 Å². The smallest absolute Gasteiger partial charge is 0.339 e. The molecule has 154 valence electrons. The van der Waals surface area contributed by atoms with Gasteiger partial charge >= 0.3 is 5.97 Å². The molecule has 0 spiro atoms. The van der Waals surface area contributed by atoms with Crippen LogP contribution < -0.4 is 14.8 Å². The quantitative estimate of drug-likeness (QED) is 0.357. The largest absolute Gasteiger partial charge is 0.493 e. The third kappa shape index (κ3) is 6.68. The summed E-state index contributed by atoms with van der Waals surface area (Å²) in [6.07, 6.45) is 6.31. The summed E-state index contributed by atoms with van der Waals surface area (Å²) in [5, 5.41) is 2.69. The Hall–Kier alpha value is -3.28. The molecule has 0 saturated carbocycles. The Labute approximate surface area is 171 Å². The number of ether oxygens (including phenoxy) is 3. The number of hydrogen-bond acceptors (Lipinski definition) is 5. The van der Waals surface area contributed by atoms with Gasteiger partial charge in [0.1, 0.15) is 0 Å². The molecular weight excluding hydrogens is 370 g/mol. The lowest BCUT2D eigenvalue weighted by molar-refractivity contribution is -0.111. The average molecular weight is 397 g/mol. The number of methoxy groups -OCH3 is 2. The summed E-state index contributed by atoms with van der Waals surface area (Å²) in [4.78, 5) is 24.1. The summed E-state index contributed by atoms with van der Waals surface area (Å²) < 4.78 is 15.9. The van der Waals surface area contributed by atoms with Crippen molar-refractivity contribution in [1.82, 2.24) is 0 Å². The highest BCUT2D eigenvalue weighted by Crippen LogP contribution is 2.29. The van der Waals surface area contributed by atoms with Gasteiger partial charge in [0, 0.05) is 6.08 Å². The van der Waals surface area contributed by atoms with Crippen LogP contribution in [-0.2, 0) is 9.53 Å². The molecule has 2 aromatic rings. The monoisotopic (exact) mass is 397 g/mol. The summed E-state index contributed by atoms with van der Waals surface area (Å²) >= 11 is 0. The van der Waals surface area contributed by atoms with Crippen LogP contribution in [0.2, 0.25) is 0 Å². The molecule has 0 aliphatic carbocycles. The number of para-hydroxylation sites is 1. The lowest BCUT2D eigenvalue weighted by Crippen LogP contribution is -2.12. The molecule has 0 heterocycles. The highest BCUT2D eigenvalue weighted by Gasteiger charge is 2.12. The minimum Gasteiger partial charge on any atom is -0.493 e. The van der Waals surface area contributed by atoms with Crippen LogP contribution in [0.3, 0.4) is 0 Å². The van der Waals surface area contributed by atoms with E-state index in [1.54, 1.807) is 43.5 Å². The SMILES string of the molecule is CCCCCOc1ccc(C=CC(=O)Nc2ccccc2C(=O)OC)cc1OC. The van der Waals surface area contributed by atoms with E-state index >= 15 is 0 Å². The highest BCUT2D eigenvalue weighted by atomic mass is 16.5. The molecule has 0 aromatic heterocycles. The normalized spacial score (nSPS) is 10.6. The van der Waals surface area contributed by atoms with Crippen molar-refractivity contribution in [3.05, 3.63) is 59.7 Å². The molecule has 0 unspecified atom stereocenters. The van der Waals surface area contributed by atoms with Gasteiger partial charge in [-0.15, -0.1) is 0 Å². The van der Waals surface area contributed by atoms with Crippen LogP contribution in [-0.4, -0.2) is 32.7 Å². The Kier molecular flexibility index (Phi) is 8.76. The number of nitrogens with one attached hydrogen (secondary N) is 1.